The van der Waals surface area contributed by atoms with E-state index in [2.05, 4.69) is 31.5 Å². The maximum absolute atomic E-state index is 5.51. The molecule has 0 radical (unpaired) electrons. The van der Waals surface area contributed by atoms with E-state index in [4.69, 9.17) is 9.72 Å². The topological polar surface area (TPSA) is 39.4 Å². The molecule has 1 aliphatic carbocycles. The largest absolute Gasteiger partial charge is 0.381 e. The molecule has 1 aliphatic heterocycles. The predicted octanol–water partition coefficient (Wildman–Crippen LogP) is 2.49. The van der Waals surface area contributed by atoms with E-state index >= 15 is 0 Å². The van der Waals surface area contributed by atoms with Gasteiger partial charge in [0.2, 0.25) is 5.78 Å². The maximum Gasteiger partial charge on any atom is 0.234 e. The highest BCUT2D eigenvalue weighted by atomic mass is 79.9. The molecule has 0 aromatic carbocycles. The van der Waals surface area contributed by atoms with Crippen LogP contribution in [0.3, 0.4) is 0 Å². The van der Waals surface area contributed by atoms with E-state index in [9.17, 15) is 0 Å². The summed E-state index contributed by atoms with van der Waals surface area (Å²) in [5.41, 5.74) is 2.88. The number of aryl methyl sites for hydroxylation is 1. The summed E-state index contributed by atoms with van der Waals surface area (Å²) in [6.07, 6.45) is 8.41. The number of aromatic nitrogens is 3. The van der Waals surface area contributed by atoms with E-state index in [-0.39, 0.29) is 5.41 Å². The zero-order valence-corrected chi connectivity index (χ0v) is 11.6. The molecule has 0 saturated carbocycles. The van der Waals surface area contributed by atoms with Gasteiger partial charge in [0.1, 0.15) is 0 Å². The summed E-state index contributed by atoms with van der Waals surface area (Å²) in [5.74, 6) is 0.828. The van der Waals surface area contributed by atoms with E-state index < -0.39 is 0 Å². The molecular formula is C13H14BrN3O. The first-order valence-corrected chi connectivity index (χ1v) is 7.19. The number of imidazole rings is 1. The van der Waals surface area contributed by atoms with E-state index in [1.54, 1.807) is 0 Å². The van der Waals surface area contributed by atoms with Crippen LogP contribution in [0, 0.1) is 0 Å². The third-order valence-corrected chi connectivity index (χ3v) is 4.75. The van der Waals surface area contributed by atoms with Gasteiger partial charge in [0.15, 0.2) is 0 Å². The molecule has 2 aliphatic rings. The van der Waals surface area contributed by atoms with Crippen molar-refractivity contribution < 1.29 is 4.74 Å². The van der Waals surface area contributed by atoms with Gasteiger partial charge in [-0.1, -0.05) is 0 Å². The van der Waals surface area contributed by atoms with Crippen LogP contribution in [-0.2, 0) is 16.6 Å². The fourth-order valence-corrected chi connectivity index (χ4v) is 3.65. The Bertz CT molecular complexity index is 616. The van der Waals surface area contributed by atoms with Gasteiger partial charge in [-0.2, -0.15) is 0 Å². The molecule has 1 fully saturated rings. The van der Waals surface area contributed by atoms with Crippen LogP contribution < -0.4 is 0 Å². The average Bonchev–Trinajstić information content (AvgIpc) is 2.90. The minimum atomic E-state index is 0.258. The third-order valence-electron chi connectivity index (χ3n) is 4.34. The minimum Gasteiger partial charge on any atom is -0.381 e. The molecule has 0 amide bonds. The lowest BCUT2D eigenvalue weighted by atomic mass is 9.78. The number of rotatable bonds is 0. The molecule has 94 valence electrons. The van der Waals surface area contributed by atoms with Crippen molar-refractivity contribution in [3.05, 3.63) is 28.3 Å². The molecule has 0 unspecified atom stereocenters. The first kappa shape index (κ1) is 10.9. The molecule has 1 saturated heterocycles. The average molecular weight is 308 g/mol. The molecule has 0 N–H and O–H groups in total. The number of hydrogen-bond donors (Lipinski definition) is 0. The Morgan fingerprint density at radius 2 is 2.11 bits per heavy atom. The van der Waals surface area contributed by atoms with Gasteiger partial charge in [0, 0.05) is 36.7 Å². The monoisotopic (exact) mass is 307 g/mol. The lowest BCUT2D eigenvalue weighted by molar-refractivity contribution is 0.0494. The number of fused-ring (bicyclic) bond motifs is 4. The van der Waals surface area contributed by atoms with Crippen LogP contribution in [0.5, 0.6) is 0 Å². The van der Waals surface area contributed by atoms with Crippen molar-refractivity contribution in [1.82, 2.24) is 14.4 Å². The summed E-state index contributed by atoms with van der Waals surface area (Å²) in [6, 6.07) is 0. The minimum absolute atomic E-state index is 0.258. The smallest absolute Gasteiger partial charge is 0.234 e. The molecule has 3 heterocycles. The highest BCUT2D eigenvalue weighted by Gasteiger charge is 2.43. The molecule has 2 aromatic rings. The molecule has 0 bridgehead atoms. The van der Waals surface area contributed by atoms with Crippen LogP contribution in [0.15, 0.2) is 16.9 Å². The zero-order chi connectivity index (χ0) is 12.2. The van der Waals surface area contributed by atoms with Gasteiger partial charge in [-0.3, -0.25) is 4.40 Å². The van der Waals surface area contributed by atoms with Crippen molar-refractivity contribution >= 4 is 21.7 Å². The van der Waals surface area contributed by atoms with E-state index in [0.717, 1.165) is 42.7 Å². The van der Waals surface area contributed by atoms with Crippen molar-refractivity contribution in [1.29, 1.82) is 0 Å². The Labute approximate surface area is 114 Å². The maximum atomic E-state index is 5.51. The van der Waals surface area contributed by atoms with E-state index in [1.165, 1.54) is 17.8 Å². The van der Waals surface area contributed by atoms with Crippen molar-refractivity contribution in [2.75, 3.05) is 13.2 Å². The Morgan fingerprint density at radius 3 is 2.94 bits per heavy atom. The Hall–Kier alpha value is -0.940. The lowest BCUT2D eigenvalue weighted by Gasteiger charge is -2.32. The van der Waals surface area contributed by atoms with Gasteiger partial charge in [-0.25, -0.2) is 9.97 Å². The number of ether oxygens (including phenoxy) is 1. The standard InChI is InChI=1S/C13H14BrN3O/c14-9-7-15-12-16-11-10(17(12)8-9)1-2-13(11)3-5-18-6-4-13/h7-8H,1-6H2. The van der Waals surface area contributed by atoms with Gasteiger partial charge in [-0.05, 0) is 41.6 Å². The van der Waals surface area contributed by atoms with Gasteiger partial charge in [-0.15, -0.1) is 0 Å². The van der Waals surface area contributed by atoms with Crippen LogP contribution >= 0.6 is 15.9 Å². The van der Waals surface area contributed by atoms with Gasteiger partial charge < -0.3 is 4.74 Å². The Balaban J connectivity index is 1.91. The van der Waals surface area contributed by atoms with E-state index in [0.29, 0.717) is 0 Å². The second kappa shape index (κ2) is 3.78. The Kier molecular flexibility index (Phi) is 2.29. The van der Waals surface area contributed by atoms with Crippen LogP contribution in [0.25, 0.3) is 5.78 Å². The van der Waals surface area contributed by atoms with Crippen LogP contribution in [0.1, 0.15) is 30.7 Å². The predicted molar refractivity (Wildman–Crippen MR) is 70.7 cm³/mol. The number of nitrogens with zero attached hydrogens (tertiary/aromatic N) is 3. The van der Waals surface area contributed by atoms with Gasteiger partial charge in [0.05, 0.1) is 10.2 Å². The summed E-state index contributed by atoms with van der Waals surface area (Å²) < 4.78 is 8.65. The number of halogens is 1. The fraction of sp³-hybridized carbons (Fsp3) is 0.538. The van der Waals surface area contributed by atoms with E-state index in [1.807, 2.05) is 6.20 Å². The molecule has 18 heavy (non-hydrogen) atoms. The second-order valence-electron chi connectivity index (χ2n) is 5.24. The van der Waals surface area contributed by atoms with Crippen LogP contribution in [0.4, 0.5) is 0 Å². The summed E-state index contributed by atoms with van der Waals surface area (Å²) in [4.78, 5) is 9.18. The van der Waals surface area contributed by atoms with Crippen LogP contribution in [0.2, 0.25) is 0 Å². The third kappa shape index (κ3) is 1.40. The molecule has 1 spiro atoms. The van der Waals surface area contributed by atoms with Crippen molar-refractivity contribution in [3.8, 4) is 0 Å². The first-order valence-electron chi connectivity index (χ1n) is 6.39. The first-order chi connectivity index (χ1) is 8.78. The van der Waals surface area contributed by atoms with Crippen molar-refractivity contribution in [2.24, 2.45) is 0 Å². The number of hydrogen-bond acceptors (Lipinski definition) is 3. The molecule has 2 aromatic heterocycles. The summed E-state index contributed by atoms with van der Waals surface area (Å²) in [7, 11) is 0. The molecular weight excluding hydrogens is 294 g/mol. The lowest BCUT2D eigenvalue weighted by Crippen LogP contribution is -2.31. The van der Waals surface area contributed by atoms with Crippen molar-refractivity contribution in [3.63, 3.8) is 0 Å². The quantitative estimate of drug-likeness (QED) is 0.750. The summed E-state index contributed by atoms with van der Waals surface area (Å²) in [5, 5.41) is 0. The SMILES string of the molecule is Brc1cnc2nc3c(n2c1)CCC31CCOCC1. The molecule has 4 nitrogen and oxygen atoms in total. The molecule has 0 atom stereocenters. The van der Waals surface area contributed by atoms with Gasteiger partial charge >= 0.3 is 0 Å². The normalized spacial score (nSPS) is 21.6. The Morgan fingerprint density at radius 1 is 1.28 bits per heavy atom. The second-order valence-corrected chi connectivity index (χ2v) is 6.16. The molecule has 4 rings (SSSR count). The highest BCUT2D eigenvalue weighted by Crippen LogP contribution is 2.45. The van der Waals surface area contributed by atoms with Crippen LogP contribution in [-0.4, -0.2) is 27.6 Å². The van der Waals surface area contributed by atoms with Gasteiger partial charge in [0.25, 0.3) is 0 Å². The van der Waals surface area contributed by atoms with Crippen molar-refractivity contribution in [2.45, 2.75) is 31.1 Å². The zero-order valence-electron chi connectivity index (χ0n) is 10.0. The fourth-order valence-electron chi connectivity index (χ4n) is 3.34. The summed E-state index contributed by atoms with van der Waals surface area (Å²) in [6.45, 7) is 1.73. The molecule has 5 heteroatoms. The summed E-state index contributed by atoms with van der Waals surface area (Å²) >= 11 is 3.48. The highest BCUT2D eigenvalue weighted by molar-refractivity contribution is 9.10.